The summed E-state index contributed by atoms with van der Waals surface area (Å²) in [5.41, 5.74) is 1.73. The van der Waals surface area contributed by atoms with Crippen LogP contribution in [0.5, 0.6) is 0 Å². The van der Waals surface area contributed by atoms with Gasteiger partial charge in [0.25, 0.3) is 0 Å². The largest absolute Gasteiger partial charge is 0.462 e. The van der Waals surface area contributed by atoms with E-state index in [2.05, 4.69) is 25.5 Å². The number of rotatable bonds is 7. The standard InChI is InChI=1S/C18H17N5O3S/c1-2-26-17(25)12-5-3-7-14(9-12)20-15(24)11-27-18-21-16(22-23-18)13-6-4-8-19-10-13/h3-10H,2,11H2,1H3,(H,20,24)(H,21,22,23). The number of aromatic amines is 1. The van der Waals surface area contributed by atoms with E-state index >= 15 is 0 Å². The second-order valence-corrected chi connectivity index (χ2v) is 6.29. The Labute approximate surface area is 159 Å². The van der Waals surface area contributed by atoms with Crippen molar-refractivity contribution in [2.24, 2.45) is 0 Å². The van der Waals surface area contributed by atoms with Crippen LogP contribution in [0, 0.1) is 0 Å². The minimum absolute atomic E-state index is 0.133. The molecule has 3 aromatic rings. The number of esters is 1. The van der Waals surface area contributed by atoms with Crippen molar-refractivity contribution < 1.29 is 14.3 Å². The topological polar surface area (TPSA) is 110 Å². The maximum absolute atomic E-state index is 12.1. The molecule has 138 valence electrons. The lowest BCUT2D eigenvalue weighted by Crippen LogP contribution is -2.14. The van der Waals surface area contributed by atoms with Gasteiger partial charge in [0, 0.05) is 23.6 Å². The van der Waals surface area contributed by atoms with Crippen LogP contribution in [0.4, 0.5) is 5.69 Å². The summed E-state index contributed by atoms with van der Waals surface area (Å²) in [6.45, 7) is 2.04. The number of amides is 1. The first-order valence-corrected chi connectivity index (χ1v) is 9.17. The number of thioether (sulfide) groups is 1. The molecule has 0 aliphatic rings. The molecule has 3 rings (SSSR count). The van der Waals surface area contributed by atoms with Crippen LogP contribution in [0.3, 0.4) is 0 Å². The van der Waals surface area contributed by atoms with E-state index in [4.69, 9.17) is 4.74 Å². The molecule has 0 saturated carbocycles. The zero-order valence-electron chi connectivity index (χ0n) is 14.5. The Hall–Kier alpha value is -3.20. The van der Waals surface area contributed by atoms with Crippen molar-refractivity contribution in [2.75, 3.05) is 17.7 Å². The number of aromatic nitrogens is 4. The number of hydrogen-bond donors (Lipinski definition) is 2. The number of carbonyl (C=O) groups excluding carboxylic acids is 2. The van der Waals surface area contributed by atoms with Gasteiger partial charge in [0.15, 0.2) is 5.82 Å². The Morgan fingerprint density at radius 2 is 2.15 bits per heavy atom. The first-order valence-electron chi connectivity index (χ1n) is 8.18. The van der Waals surface area contributed by atoms with E-state index in [1.807, 2.05) is 12.1 Å². The molecule has 2 aromatic heterocycles. The highest BCUT2D eigenvalue weighted by Gasteiger charge is 2.11. The van der Waals surface area contributed by atoms with Crippen molar-refractivity contribution in [3.63, 3.8) is 0 Å². The first kappa shape index (κ1) is 18.6. The van der Waals surface area contributed by atoms with E-state index in [0.29, 0.717) is 28.8 Å². The fourth-order valence-electron chi connectivity index (χ4n) is 2.21. The third kappa shape index (κ3) is 5.14. The Morgan fingerprint density at radius 1 is 1.26 bits per heavy atom. The van der Waals surface area contributed by atoms with Gasteiger partial charge >= 0.3 is 5.97 Å². The zero-order chi connectivity index (χ0) is 19.1. The SMILES string of the molecule is CCOC(=O)c1cccc(NC(=O)CSc2n[nH]c(-c3cccnc3)n2)c1. The number of nitrogens with one attached hydrogen (secondary N) is 2. The van der Waals surface area contributed by atoms with Crippen LogP contribution in [0.1, 0.15) is 17.3 Å². The maximum Gasteiger partial charge on any atom is 0.338 e. The molecule has 2 heterocycles. The van der Waals surface area contributed by atoms with E-state index in [1.54, 1.807) is 43.6 Å². The van der Waals surface area contributed by atoms with Gasteiger partial charge in [-0.25, -0.2) is 9.78 Å². The predicted octanol–water partition coefficient (Wildman–Crippen LogP) is 2.77. The van der Waals surface area contributed by atoms with E-state index < -0.39 is 5.97 Å². The molecule has 0 radical (unpaired) electrons. The fraction of sp³-hybridized carbons (Fsp3) is 0.167. The van der Waals surface area contributed by atoms with E-state index in [-0.39, 0.29) is 11.7 Å². The Bertz CT molecular complexity index is 930. The normalized spacial score (nSPS) is 10.4. The van der Waals surface area contributed by atoms with Crippen LogP contribution in [0.15, 0.2) is 53.9 Å². The Balaban J connectivity index is 1.55. The van der Waals surface area contributed by atoms with Gasteiger partial charge in [0.2, 0.25) is 11.1 Å². The summed E-state index contributed by atoms with van der Waals surface area (Å²) in [7, 11) is 0. The van der Waals surface area contributed by atoms with Crippen LogP contribution >= 0.6 is 11.8 Å². The first-order chi connectivity index (χ1) is 13.2. The summed E-state index contributed by atoms with van der Waals surface area (Å²) < 4.78 is 4.95. The highest BCUT2D eigenvalue weighted by Crippen LogP contribution is 2.19. The van der Waals surface area contributed by atoms with Gasteiger partial charge in [0.05, 0.1) is 17.9 Å². The highest BCUT2D eigenvalue weighted by atomic mass is 32.2. The van der Waals surface area contributed by atoms with Crippen molar-refractivity contribution in [3.05, 3.63) is 54.4 Å². The number of ether oxygens (including phenoxy) is 1. The van der Waals surface area contributed by atoms with Gasteiger partial charge in [-0.15, -0.1) is 5.10 Å². The minimum atomic E-state index is -0.424. The second kappa shape index (κ2) is 8.95. The summed E-state index contributed by atoms with van der Waals surface area (Å²) in [6, 6.07) is 10.3. The molecule has 1 aromatic carbocycles. The van der Waals surface area contributed by atoms with Crippen molar-refractivity contribution in [1.82, 2.24) is 20.2 Å². The fourth-order valence-corrected chi connectivity index (χ4v) is 2.81. The molecule has 0 saturated heterocycles. The summed E-state index contributed by atoms with van der Waals surface area (Å²) in [5.74, 6) is 0.0713. The van der Waals surface area contributed by atoms with Gasteiger partial charge in [0.1, 0.15) is 0 Å². The third-order valence-corrected chi connectivity index (χ3v) is 4.24. The number of carbonyl (C=O) groups is 2. The molecule has 0 atom stereocenters. The lowest BCUT2D eigenvalue weighted by molar-refractivity contribution is -0.113. The van der Waals surface area contributed by atoms with Gasteiger partial charge < -0.3 is 10.1 Å². The van der Waals surface area contributed by atoms with Crippen molar-refractivity contribution in [1.29, 1.82) is 0 Å². The molecule has 27 heavy (non-hydrogen) atoms. The zero-order valence-corrected chi connectivity index (χ0v) is 15.3. The smallest absolute Gasteiger partial charge is 0.338 e. The third-order valence-electron chi connectivity index (χ3n) is 3.39. The van der Waals surface area contributed by atoms with Gasteiger partial charge in [-0.05, 0) is 37.3 Å². The molecule has 1 amide bonds. The molecule has 8 nitrogen and oxygen atoms in total. The van der Waals surface area contributed by atoms with Crippen molar-refractivity contribution in [2.45, 2.75) is 12.1 Å². The van der Waals surface area contributed by atoms with Gasteiger partial charge in [-0.2, -0.15) is 0 Å². The second-order valence-electron chi connectivity index (χ2n) is 5.35. The molecular formula is C18H17N5O3S. The summed E-state index contributed by atoms with van der Waals surface area (Å²) >= 11 is 1.20. The molecule has 9 heteroatoms. The van der Waals surface area contributed by atoms with E-state index in [0.717, 1.165) is 5.56 Å². The van der Waals surface area contributed by atoms with Crippen LogP contribution < -0.4 is 5.32 Å². The Kier molecular flexibility index (Phi) is 6.16. The highest BCUT2D eigenvalue weighted by molar-refractivity contribution is 7.99. The Morgan fingerprint density at radius 3 is 2.93 bits per heavy atom. The predicted molar refractivity (Wildman–Crippen MR) is 101 cm³/mol. The van der Waals surface area contributed by atoms with Crippen molar-refractivity contribution in [3.8, 4) is 11.4 Å². The molecule has 0 unspecified atom stereocenters. The van der Waals surface area contributed by atoms with E-state index in [9.17, 15) is 9.59 Å². The van der Waals surface area contributed by atoms with Crippen LogP contribution in [0.25, 0.3) is 11.4 Å². The monoisotopic (exact) mass is 383 g/mol. The molecule has 0 bridgehead atoms. The van der Waals surface area contributed by atoms with Gasteiger partial charge in [-0.1, -0.05) is 17.8 Å². The molecule has 0 fully saturated rings. The van der Waals surface area contributed by atoms with Crippen LogP contribution in [-0.2, 0) is 9.53 Å². The number of H-pyrrole nitrogens is 1. The molecule has 0 spiro atoms. The summed E-state index contributed by atoms with van der Waals surface area (Å²) in [5, 5.41) is 10.1. The van der Waals surface area contributed by atoms with Crippen LogP contribution in [-0.4, -0.2) is 44.4 Å². The molecular weight excluding hydrogens is 366 g/mol. The summed E-state index contributed by atoms with van der Waals surface area (Å²) in [4.78, 5) is 32.3. The lowest BCUT2D eigenvalue weighted by Gasteiger charge is -2.06. The average Bonchev–Trinajstić information content (AvgIpc) is 3.17. The molecule has 0 aliphatic carbocycles. The minimum Gasteiger partial charge on any atom is -0.462 e. The number of pyridine rings is 1. The molecule has 2 N–H and O–H groups in total. The number of hydrogen-bond acceptors (Lipinski definition) is 7. The van der Waals surface area contributed by atoms with Crippen molar-refractivity contribution >= 4 is 29.3 Å². The number of nitrogens with zero attached hydrogens (tertiary/aromatic N) is 3. The van der Waals surface area contributed by atoms with Crippen LogP contribution in [0.2, 0.25) is 0 Å². The summed E-state index contributed by atoms with van der Waals surface area (Å²) in [6.07, 6.45) is 3.36. The number of anilines is 1. The van der Waals surface area contributed by atoms with E-state index in [1.165, 1.54) is 11.8 Å². The average molecular weight is 383 g/mol. The lowest BCUT2D eigenvalue weighted by atomic mass is 10.2. The molecule has 0 aliphatic heterocycles. The number of benzene rings is 1. The maximum atomic E-state index is 12.1. The quantitative estimate of drug-likeness (QED) is 0.477. The van der Waals surface area contributed by atoms with Gasteiger partial charge in [-0.3, -0.25) is 14.9 Å².